The Morgan fingerprint density at radius 1 is 0.417 bits per heavy atom. The monoisotopic (exact) mass is 1490 g/mol. The van der Waals surface area contributed by atoms with Crippen LogP contribution in [0.4, 0.5) is 19.2 Å². The largest absolute Gasteiger partial charge is 0.496 e. The van der Waals surface area contributed by atoms with E-state index in [-0.39, 0.29) is 101 Å². The van der Waals surface area contributed by atoms with E-state index in [1.54, 1.807) is 12.0 Å². The van der Waals surface area contributed by atoms with Gasteiger partial charge in [-0.2, -0.15) is 0 Å². The predicted octanol–water partition coefficient (Wildman–Crippen LogP) is 10.4. The fourth-order valence-electron chi connectivity index (χ4n) is 15.2. The highest BCUT2D eigenvalue weighted by Gasteiger charge is 2.42. The van der Waals surface area contributed by atoms with Crippen molar-refractivity contribution in [2.75, 3.05) is 119 Å². The Bertz CT molecular complexity index is 3590. The maximum Gasteiger partial charge on any atom is 0.410 e. The summed E-state index contributed by atoms with van der Waals surface area (Å²) in [6.07, 6.45) is 8.90. The summed E-state index contributed by atoms with van der Waals surface area (Å²) in [5.74, 6) is 2.13. The van der Waals surface area contributed by atoms with Gasteiger partial charge in [-0.1, -0.05) is 115 Å². The molecular formula is C84H127N13O11. The number of esters is 1. The standard InChI is InChI=1S/C17H25N3O3.C17H27N3O2.C17H24N2O3.C17H26N2O2.C16H25N3O/c1-12(2)19-16(21)20-7-5-17(10-18,6-8-20)13-3-4-14-15(9-13)23-11-22-14;1-13(2)19-16(21)20-10-8-17(12-18,9-11-20)14-6-4-5-7-15(14)22-3;1-22-16(21)8-7-15(20)19-11-9-17(13-18,10-12-19)14-5-3-2-4-6-14;1-16(2,3)21-15(20)19-11-9-17(13-18,10-12-19)14-7-5-4-6-8-14;1-13(2)18-15(20)19-10-8-16(12-17,9-11-19)14-6-4-3-5-7-14/h3-4,9,12H,5-8,10-11,18H2,1-2H3,(H,19,21);4-7,13H,8-12,18H2,1-3H3,(H,19,21);2-6H,7-13,18H2,1H3;4-8H,9-13,18H2,1-3H3;3-7,13H,8-12,17H2,1-2H3,(H,18,20). The van der Waals surface area contributed by atoms with Crippen molar-refractivity contribution in [3.05, 3.63) is 161 Å². The highest BCUT2D eigenvalue weighted by atomic mass is 16.7. The number of para-hydroxylation sites is 1. The molecular weight excluding hydrogens is 1370 g/mol. The van der Waals surface area contributed by atoms with Crippen molar-refractivity contribution in [1.29, 1.82) is 0 Å². The van der Waals surface area contributed by atoms with E-state index < -0.39 is 5.60 Å². The Morgan fingerprint density at radius 3 is 1.10 bits per heavy atom. The third kappa shape index (κ3) is 23.4. The fraction of sp³-hybridized carbons (Fsp3) is 0.571. The topological polar surface area (TPSA) is 331 Å². The Balaban J connectivity index is 0.000000188. The summed E-state index contributed by atoms with van der Waals surface area (Å²) in [5.41, 5.74) is 35.9. The van der Waals surface area contributed by atoms with Crippen molar-refractivity contribution in [2.45, 2.75) is 190 Å². The van der Waals surface area contributed by atoms with E-state index >= 15 is 0 Å². The zero-order valence-corrected chi connectivity index (χ0v) is 66.3. The highest BCUT2D eigenvalue weighted by molar-refractivity contribution is 5.81. The first-order valence-electron chi connectivity index (χ1n) is 38.8. The Morgan fingerprint density at radius 2 is 0.750 bits per heavy atom. The second kappa shape index (κ2) is 40.7. The molecule has 5 aromatic rings. The number of hydrogen-bond acceptors (Lipinski definition) is 16. The SMILES string of the molecule is CC(C)(C)OC(=O)N1CCC(CN)(c2ccccc2)CC1.CC(C)NC(=O)N1CCC(CN)(c2ccc3c(c2)OCO3)CC1.CC(C)NC(=O)N1CCC(CN)(c2ccccc2)CC1.COC(=O)CCC(=O)N1CCC(CN)(c2ccccc2)CC1.COc1ccccc1C1(CN)CCN(C(=O)NC(C)C)CC1. The number of amides is 8. The Hall–Kier alpha value is -8.68. The molecule has 5 fully saturated rings. The lowest BCUT2D eigenvalue weighted by Crippen LogP contribution is -2.52. The molecule has 0 radical (unpaired) electrons. The van der Waals surface area contributed by atoms with E-state index in [2.05, 4.69) is 81.4 Å². The van der Waals surface area contributed by atoms with Crippen LogP contribution >= 0.6 is 0 Å². The molecule has 0 saturated carbocycles. The van der Waals surface area contributed by atoms with Gasteiger partial charge in [-0.15, -0.1) is 0 Å². The van der Waals surface area contributed by atoms with Gasteiger partial charge in [0.05, 0.1) is 20.6 Å². The highest BCUT2D eigenvalue weighted by Crippen LogP contribution is 2.43. The van der Waals surface area contributed by atoms with Gasteiger partial charge in [0.1, 0.15) is 11.4 Å². The average molecular weight is 1500 g/mol. The van der Waals surface area contributed by atoms with Gasteiger partial charge in [0.25, 0.3) is 0 Å². The van der Waals surface area contributed by atoms with Gasteiger partial charge < -0.3 is 92.8 Å². The quantitative estimate of drug-likeness (QED) is 0.0401. The lowest BCUT2D eigenvalue weighted by molar-refractivity contribution is -0.144. The summed E-state index contributed by atoms with van der Waals surface area (Å²) < 4.78 is 26.4. The molecule has 0 spiro atoms. The van der Waals surface area contributed by atoms with Gasteiger partial charge in [-0.3, -0.25) is 9.59 Å². The van der Waals surface area contributed by atoms with E-state index in [0.717, 1.165) is 100 Å². The third-order valence-corrected chi connectivity index (χ3v) is 22.3. The number of nitrogens with two attached hydrogens (primary N) is 5. The molecule has 0 bridgehead atoms. The van der Waals surface area contributed by atoms with Crippen LogP contribution in [0, 0.1) is 0 Å². The van der Waals surface area contributed by atoms with Crippen molar-refractivity contribution in [3.8, 4) is 17.2 Å². The molecule has 24 heteroatoms. The summed E-state index contributed by atoms with van der Waals surface area (Å²) >= 11 is 0. The molecule has 0 aliphatic carbocycles. The lowest BCUT2D eigenvalue weighted by atomic mass is 9.72. The molecule has 24 nitrogen and oxygen atoms in total. The van der Waals surface area contributed by atoms with E-state index in [0.29, 0.717) is 85.1 Å². The molecule has 0 aromatic heterocycles. The lowest BCUT2D eigenvalue weighted by Gasteiger charge is -2.42. The van der Waals surface area contributed by atoms with Crippen molar-refractivity contribution in [2.24, 2.45) is 28.7 Å². The minimum Gasteiger partial charge on any atom is -0.496 e. The first-order valence-corrected chi connectivity index (χ1v) is 38.8. The Kier molecular flexibility index (Phi) is 32.6. The molecule has 6 heterocycles. The number of fused-ring (bicyclic) bond motifs is 1. The molecule has 6 aliphatic rings. The zero-order valence-electron chi connectivity index (χ0n) is 66.3. The van der Waals surface area contributed by atoms with Crippen LogP contribution in [-0.2, 0) is 46.1 Å². The van der Waals surface area contributed by atoms with Gasteiger partial charge in [0.2, 0.25) is 12.7 Å². The molecule has 13 N–H and O–H groups in total. The summed E-state index contributed by atoms with van der Waals surface area (Å²) in [6.45, 7) is 27.9. The van der Waals surface area contributed by atoms with E-state index in [4.69, 9.17) is 47.6 Å². The molecule has 6 aliphatic heterocycles. The number of hydrogen-bond donors (Lipinski definition) is 8. The Labute approximate surface area is 642 Å². The van der Waals surface area contributed by atoms with Crippen molar-refractivity contribution < 1.29 is 52.5 Å². The first-order chi connectivity index (χ1) is 51.6. The number of piperidine rings is 5. The van der Waals surface area contributed by atoms with Gasteiger partial charge in [0.15, 0.2) is 11.5 Å². The van der Waals surface area contributed by atoms with E-state index in [9.17, 15) is 28.8 Å². The summed E-state index contributed by atoms with van der Waals surface area (Å²) in [5, 5.41) is 8.86. The minimum absolute atomic E-state index is 0.0105. The molecule has 5 saturated heterocycles. The predicted molar refractivity (Wildman–Crippen MR) is 426 cm³/mol. The van der Waals surface area contributed by atoms with E-state index in [1.165, 1.54) is 29.4 Å². The number of rotatable bonds is 17. The molecule has 5 aromatic carbocycles. The van der Waals surface area contributed by atoms with Crippen LogP contribution in [0.3, 0.4) is 0 Å². The maximum absolute atomic E-state index is 12.1. The number of nitrogens with one attached hydrogen (secondary N) is 3. The van der Waals surface area contributed by atoms with Crippen molar-refractivity contribution in [1.82, 2.24) is 40.4 Å². The normalized spacial score (nSPS) is 18.0. The average Bonchev–Trinajstić information content (AvgIpc) is 1.14. The van der Waals surface area contributed by atoms with Gasteiger partial charge in [0, 0.05) is 155 Å². The smallest absolute Gasteiger partial charge is 0.410 e. The van der Waals surface area contributed by atoms with Gasteiger partial charge >= 0.3 is 30.2 Å². The van der Waals surface area contributed by atoms with Gasteiger partial charge in [-0.05, 0) is 167 Å². The number of likely N-dealkylation sites (tertiary alicyclic amines) is 5. The maximum atomic E-state index is 12.1. The third-order valence-electron chi connectivity index (χ3n) is 22.3. The second-order valence-electron chi connectivity index (χ2n) is 31.5. The molecule has 8 amide bonds. The van der Waals surface area contributed by atoms with Crippen LogP contribution in [-0.4, -0.2) is 203 Å². The molecule has 0 unspecified atom stereocenters. The number of carbonyl (C=O) groups is 6. The van der Waals surface area contributed by atoms with Crippen LogP contribution in [0.2, 0.25) is 0 Å². The molecule has 0 atom stereocenters. The molecule has 11 rings (SSSR count). The van der Waals surface area contributed by atoms with Crippen LogP contribution in [0.1, 0.15) is 167 Å². The molecule has 594 valence electrons. The summed E-state index contributed by atoms with van der Waals surface area (Å²) in [7, 11) is 3.03. The van der Waals surface area contributed by atoms with Crippen LogP contribution in [0.15, 0.2) is 133 Å². The van der Waals surface area contributed by atoms with Crippen LogP contribution in [0.25, 0.3) is 0 Å². The number of methoxy groups -OCH3 is 2. The molecule has 108 heavy (non-hydrogen) atoms. The summed E-state index contributed by atoms with van der Waals surface area (Å²) in [6, 6.07) is 45.8. The van der Waals surface area contributed by atoms with E-state index in [1.807, 2.05) is 155 Å². The number of urea groups is 3. The van der Waals surface area contributed by atoms with Crippen molar-refractivity contribution >= 4 is 36.1 Å². The number of ether oxygens (including phenoxy) is 5. The van der Waals surface area contributed by atoms with Crippen LogP contribution in [0.5, 0.6) is 17.2 Å². The number of benzene rings is 5. The zero-order chi connectivity index (χ0) is 78.7. The van der Waals surface area contributed by atoms with Crippen molar-refractivity contribution in [3.63, 3.8) is 0 Å². The minimum atomic E-state index is -0.446. The summed E-state index contributed by atoms with van der Waals surface area (Å²) in [4.78, 5) is 81.0. The second-order valence-corrected chi connectivity index (χ2v) is 31.5. The number of carbonyl (C=O) groups excluding carboxylic acids is 6. The van der Waals surface area contributed by atoms with Gasteiger partial charge in [-0.25, -0.2) is 19.2 Å². The fourth-order valence-corrected chi connectivity index (χ4v) is 15.2. The number of nitrogens with zero attached hydrogens (tertiary/aromatic N) is 5. The van der Waals surface area contributed by atoms with Crippen LogP contribution < -0.4 is 58.8 Å². The first kappa shape index (κ1) is 86.6.